The predicted molar refractivity (Wildman–Crippen MR) is 109 cm³/mol. The first-order valence-electron chi connectivity index (χ1n) is 9.23. The van der Waals surface area contributed by atoms with E-state index in [4.69, 9.17) is 4.74 Å². The second-order valence-electron chi connectivity index (χ2n) is 7.17. The van der Waals surface area contributed by atoms with Gasteiger partial charge < -0.3 is 14.2 Å². The molecule has 0 amide bonds. The van der Waals surface area contributed by atoms with Crippen LogP contribution in [0.2, 0.25) is 0 Å². The monoisotopic (exact) mass is 385 g/mol. The maximum absolute atomic E-state index is 13.9. The number of morpholine rings is 1. The number of hydrogen-bond donors (Lipinski definition) is 0. The zero-order chi connectivity index (χ0) is 18.9. The van der Waals surface area contributed by atoms with Gasteiger partial charge in [0, 0.05) is 37.6 Å². The summed E-state index contributed by atoms with van der Waals surface area (Å²) in [4.78, 5) is 7.94. The molecule has 2 aromatic rings. The molecule has 1 aromatic heterocycles. The number of benzene rings is 1. The molecular weight excluding hydrogens is 361 g/mol. The van der Waals surface area contributed by atoms with Crippen molar-refractivity contribution in [1.82, 2.24) is 4.57 Å². The number of hydrogen-bond acceptors (Lipinski definition) is 4. The van der Waals surface area contributed by atoms with Crippen molar-refractivity contribution < 1.29 is 9.13 Å². The number of nitrogens with zero attached hydrogens (tertiary/aromatic N) is 3. The number of alkyl halides is 1. The fourth-order valence-electron chi connectivity index (χ4n) is 3.29. The number of halogens is 1. The molecule has 27 heavy (non-hydrogen) atoms. The standard InChI is InChI=1S/C21H24FN3OS/c1-21(22)9-7-17(8-10-21)23-20-24(2)19(15-27-20)16-3-5-18(6-4-16)25-11-13-26-14-12-25/h3-9,15H,10-14H2,1-2H3. The molecule has 2 heterocycles. The van der Waals surface area contributed by atoms with Gasteiger partial charge in [0.15, 0.2) is 4.80 Å². The predicted octanol–water partition coefficient (Wildman–Crippen LogP) is 4.06. The first-order chi connectivity index (χ1) is 13.0. The van der Waals surface area contributed by atoms with E-state index in [1.165, 1.54) is 5.69 Å². The molecule has 2 aliphatic rings. The van der Waals surface area contributed by atoms with Crippen LogP contribution in [-0.2, 0) is 11.8 Å². The summed E-state index contributed by atoms with van der Waals surface area (Å²) in [6.45, 7) is 5.04. The highest BCUT2D eigenvalue weighted by Gasteiger charge is 2.20. The third-order valence-corrected chi connectivity index (χ3v) is 5.92. The third kappa shape index (κ3) is 4.06. The molecule has 1 saturated heterocycles. The Morgan fingerprint density at radius 1 is 1.19 bits per heavy atom. The Balaban J connectivity index is 1.56. The van der Waals surface area contributed by atoms with Crippen LogP contribution in [0.1, 0.15) is 13.3 Å². The molecule has 1 aliphatic carbocycles. The van der Waals surface area contributed by atoms with E-state index in [2.05, 4.69) is 44.1 Å². The molecule has 4 nitrogen and oxygen atoms in total. The van der Waals surface area contributed by atoms with Crippen molar-refractivity contribution in [3.63, 3.8) is 0 Å². The Bertz CT molecular complexity index is 931. The fourth-order valence-corrected chi connectivity index (χ4v) is 4.22. The fraction of sp³-hybridized carbons (Fsp3) is 0.381. The molecule has 1 fully saturated rings. The Labute approximate surface area is 162 Å². The maximum atomic E-state index is 13.9. The number of aromatic nitrogens is 1. The summed E-state index contributed by atoms with van der Waals surface area (Å²) < 4.78 is 21.4. The van der Waals surface area contributed by atoms with E-state index >= 15 is 0 Å². The summed E-state index contributed by atoms with van der Waals surface area (Å²) >= 11 is 1.60. The average molecular weight is 386 g/mol. The molecule has 0 bridgehead atoms. The zero-order valence-corrected chi connectivity index (χ0v) is 16.5. The second-order valence-corrected chi connectivity index (χ2v) is 8.00. The van der Waals surface area contributed by atoms with Crippen LogP contribution in [0.25, 0.3) is 11.3 Å². The van der Waals surface area contributed by atoms with Gasteiger partial charge >= 0.3 is 0 Å². The average Bonchev–Trinajstić information content (AvgIpc) is 3.05. The number of anilines is 1. The van der Waals surface area contributed by atoms with Crippen LogP contribution in [0.5, 0.6) is 0 Å². The van der Waals surface area contributed by atoms with Crippen LogP contribution in [0.15, 0.2) is 58.6 Å². The summed E-state index contributed by atoms with van der Waals surface area (Å²) in [6, 6.07) is 8.66. The molecular formula is C21H24FN3OS. The highest BCUT2D eigenvalue weighted by molar-refractivity contribution is 7.07. The van der Waals surface area contributed by atoms with E-state index in [9.17, 15) is 4.39 Å². The minimum Gasteiger partial charge on any atom is -0.378 e. The lowest BCUT2D eigenvalue weighted by atomic mass is 9.99. The van der Waals surface area contributed by atoms with Gasteiger partial charge in [-0.1, -0.05) is 18.2 Å². The number of thiazole rings is 1. The molecule has 0 radical (unpaired) electrons. The Morgan fingerprint density at radius 2 is 1.93 bits per heavy atom. The second kappa shape index (κ2) is 7.44. The SMILES string of the molecule is Cn1c(-c2ccc(N3CCOCC3)cc2)csc1=NC1=CCC(C)(F)C=C1. The number of rotatable bonds is 3. The van der Waals surface area contributed by atoms with Crippen molar-refractivity contribution in [2.75, 3.05) is 31.2 Å². The quantitative estimate of drug-likeness (QED) is 0.797. The maximum Gasteiger partial charge on any atom is 0.190 e. The van der Waals surface area contributed by atoms with E-state index in [1.807, 2.05) is 13.1 Å². The Hall–Kier alpha value is -2.18. The van der Waals surface area contributed by atoms with E-state index < -0.39 is 5.67 Å². The van der Waals surface area contributed by atoms with Gasteiger partial charge in [0.2, 0.25) is 0 Å². The summed E-state index contributed by atoms with van der Waals surface area (Å²) in [7, 11) is 2.02. The van der Waals surface area contributed by atoms with Crippen LogP contribution in [0.4, 0.5) is 10.1 Å². The molecule has 1 aromatic carbocycles. The van der Waals surface area contributed by atoms with E-state index in [0.717, 1.165) is 48.1 Å². The third-order valence-electron chi connectivity index (χ3n) is 5.00. The van der Waals surface area contributed by atoms with Crippen molar-refractivity contribution >= 4 is 17.0 Å². The first kappa shape index (κ1) is 18.2. The lowest BCUT2D eigenvalue weighted by Gasteiger charge is -2.28. The number of allylic oxidation sites excluding steroid dienone is 3. The molecule has 1 aliphatic heterocycles. The van der Waals surface area contributed by atoms with Crippen LogP contribution in [0, 0.1) is 0 Å². The van der Waals surface area contributed by atoms with Crippen LogP contribution < -0.4 is 9.70 Å². The first-order valence-corrected chi connectivity index (χ1v) is 10.1. The molecule has 6 heteroatoms. The van der Waals surface area contributed by atoms with Gasteiger partial charge in [-0.05, 0) is 36.8 Å². The summed E-state index contributed by atoms with van der Waals surface area (Å²) in [6.07, 6.45) is 5.58. The normalized spacial score (nSPS) is 23.6. The smallest absolute Gasteiger partial charge is 0.190 e. The zero-order valence-electron chi connectivity index (χ0n) is 15.7. The summed E-state index contributed by atoms with van der Waals surface area (Å²) in [5.74, 6) is 0. The minimum absolute atomic E-state index is 0.368. The van der Waals surface area contributed by atoms with E-state index in [-0.39, 0.29) is 0 Å². The van der Waals surface area contributed by atoms with Gasteiger partial charge in [0.25, 0.3) is 0 Å². The van der Waals surface area contributed by atoms with Gasteiger partial charge in [-0.2, -0.15) is 0 Å². The molecule has 1 unspecified atom stereocenters. The lowest BCUT2D eigenvalue weighted by molar-refractivity contribution is 0.122. The van der Waals surface area contributed by atoms with Crippen LogP contribution >= 0.6 is 11.3 Å². The van der Waals surface area contributed by atoms with Crippen LogP contribution in [0.3, 0.4) is 0 Å². The number of ether oxygens (including phenoxy) is 1. The van der Waals surface area contributed by atoms with E-state index in [0.29, 0.717) is 6.42 Å². The summed E-state index contributed by atoms with van der Waals surface area (Å²) in [5, 5.41) is 2.12. The molecule has 142 valence electrons. The Kier molecular flexibility index (Phi) is 5.02. The van der Waals surface area contributed by atoms with Crippen molar-refractivity contribution in [3.05, 3.63) is 58.4 Å². The van der Waals surface area contributed by atoms with Gasteiger partial charge in [-0.15, -0.1) is 11.3 Å². The van der Waals surface area contributed by atoms with Gasteiger partial charge in [-0.25, -0.2) is 9.38 Å². The lowest BCUT2D eigenvalue weighted by Crippen LogP contribution is -2.36. The highest BCUT2D eigenvalue weighted by atomic mass is 32.1. The summed E-state index contributed by atoms with van der Waals surface area (Å²) in [5.41, 5.74) is 3.08. The van der Waals surface area contributed by atoms with Crippen molar-refractivity contribution in [3.8, 4) is 11.3 Å². The highest BCUT2D eigenvalue weighted by Crippen LogP contribution is 2.26. The molecule has 1 atom stereocenters. The van der Waals surface area contributed by atoms with Crippen molar-refractivity contribution in [2.45, 2.75) is 19.0 Å². The Morgan fingerprint density at radius 3 is 2.59 bits per heavy atom. The molecule has 0 spiro atoms. The van der Waals surface area contributed by atoms with Gasteiger partial charge in [-0.3, -0.25) is 0 Å². The molecule has 4 rings (SSSR count). The van der Waals surface area contributed by atoms with Crippen molar-refractivity contribution in [1.29, 1.82) is 0 Å². The van der Waals surface area contributed by atoms with Gasteiger partial charge in [0.05, 0.1) is 24.6 Å². The molecule has 0 N–H and O–H groups in total. The van der Waals surface area contributed by atoms with Gasteiger partial charge in [0.1, 0.15) is 5.67 Å². The van der Waals surface area contributed by atoms with Crippen molar-refractivity contribution in [2.24, 2.45) is 12.0 Å². The topological polar surface area (TPSA) is 29.8 Å². The minimum atomic E-state index is -1.26. The molecule has 0 saturated carbocycles. The largest absolute Gasteiger partial charge is 0.378 e. The van der Waals surface area contributed by atoms with Crippen LogP contribution in [-0.4, -0.2) is 36.5 Å². The van der Waals surface area contributed by atoms with E-state index in [1.54, 1.807) is 30.4 Å².